The largest absolute Gasteiger partial charge is 0.405 e. The third kappa shape index (κ3) is 8.31. The highest BCUT2D eigenvalue weighted by molar-refractivity contribution is 6.17. The number of nitrogens with two attached hydrogens (primary N) is 1. The molecule has 0 fully saturated rings. The van der Waals surface area contributed by atoms with Crippen LogP contribution in [-0.2, 0) is 0 Å². The number of rotatable bonds is 11. The van der Waals surface area contributed by atoms with E-state index in [2.05, 4.69) is 143 Å². The van der Waals surface area contributed by atoms with E-state index in [1.807, 2.05) is 93.0 Å². The lowest BCUT2D eigenvalue weighted by Gasteiger charge is -2.10. The summed E-state index contributed by atoms with van der Waals surface area (Å²) in [6.07, 6.45) is 33.2. The normalized spacial score (nSPS) is 13.6. The van der Waals surface area contributed by atoms with Gasteiger partial charge < -0.3 is 10.3 Å². The number of allylic oxidation sites excluding steroid dienone is 14. The van der Waals surface area contributed by atoms with Gasteiger partial charge in [-0.15, -0.1) is 0 Å². The van der Waals surface area contributed by atoms with Gasteiger partial charge in [-0.05, 0) is 103 Å². The molecule has 4 nitrogen and oxygen atoms in total. The number of para-hydroxylation sites is 1. The summed E-state index contributed by atoms with van der Waals surface area (Å²) in [4.78, 5) is 4.96. The molecule has 0 unspecified atom stereocenters. The van der Waals surface area contributed by atoms with Crippen molar-refractivity contribution in [2.75, 3.05) is 0 Å². The van der Waals surface area contributed by atoms with Crippen molar-refractivity contribution >= 4 is 51.2 Å². The summed E-state index contributed by atoms with van der Waals surface area (Å²) in [5.41, 5.74) is 14.5. The van der Waals surface area contributed by atoms with Gasteiger partial charge in [0.15, 0.2) is 0 Å². The van der Waals surface area contributed by atoms with E-state index in [4.69, 9.17) is 10.7 Å². The zero-order chi connectivity index (χ0) is 39.4. The Morgan fingerprint density at radius 3 is 1.96 bits per heavy atom. The predicted molar refractivity (Wildman–Crippen MR) is 248 cm³/mol. The molecule has 7 rings (SSSR count). The van der Waals surface area contributed by atoms with Crippen LogP contribution in [0.15, 0.2) is 218 Å². The minimum Gasteiger partial charge on any atom is -0.405 e. The average molecular weight is 739 g/mol. The molecule has 5 aromatic carbocycles. The Kier molecular flexibility index (Phi) is 12.1. The molecule has 2 N–H and O–H groups in total. The molecule has 0 aliphatic heterocycles. The molecule has 278 valence electrons. The first-order chi connectivity index (χ1) is 28.1. The van der Waals surface area contributed by atoms with Crippen molar-refractivity contribution in [1.29, 1.82) is 0 Å². The van der Waals surface area contributed by atoms with E-state index >= 15 is 0 Å². The number of hydrogen-bond acceptors (Lipinski definition) is 2. The number of aliphatic imine (C=N–C) groups is 1. The Balaban J connectivity index is 1.35. The van der Waals surface area contributed by atoms with Crippen molar-refractivity contribution in [3.63, 3.8) is 0 Å². The molecular weight excluding hydrogens is 693 g/mol. The van der Waals surface area contributed by atoms with E-state index < -0.39 is 0 Å². The monoisotopic (exact) mass is 738 g/mol. The van der Waals surface area contributed by atoms with E-state index in [9.17, 15) is 0 Å². The maximum Gasteiger partial charge on any atom is 0.137 e. The fraction of sp³-hybridized carbons (Fsp3) is 0.0377. The van der Waals surface area contributed by atoms with Gasteiger partial charge in [0, 0.05) is 33.3 Å². The van der Waals surface area contributed by atoms with E-state index in [0.717, 1.165) is 65.9 Å². The van der Waals surface area contributed by atoms with Crippen molar-refractivity contribution in [2.45, 2.75) is 13.8 Å². The molecule has 2 heterocycles. The van der Waals surface area contributed by atoms with Crippen molar-refractivity contribution in [1.82, 2.24) is 9.13 Å². The lowest BCUT2D eigenvalue weighted by molar-refractivity contribution is 1.07. The number of benzene rings is 5. The van der Waals surface area contributed by atoms with Crippen LogP contribution in [-0.4, -0.2) is 15.0 Å². The minimum absolute atomic E-state index is 0.797. The molecule has 0 radical (unpaired) electrons. The van der Waals surface area contributed by atoms with E-state index in [1.54, 1.807) is 6.08 Å². The summed E-state index contributed by atoms with van der Waals surface area (Å²) in [6, 6.07) is 41.3. The van der Waals surface area contributed by atoms with Gasteiger partial charge in [0.2, 0.25) is 0 Å². The third-order valence-corrected chi connectivity index (χ3v) is 9.76. The number of nitrogens with zero attached hydrogens (tertiary/aromatic N) is 3. The van der Waals surface area contributed by atoms with E-state index in [-0.39, 0.29) is 0 Å². The minimum atomic E-state index is 0.797. The summed E-state index contributed by atoms with van der Waals surface area (Å²) >= 11 is 0. The Labute approximate surface area is 334 Å². The zero-order valence-electron chi connectivity index (χ0n) is 32.4. The van der Waals surface area contributed by atoms with Crippen molar-refractivity contribution < 1.29 is 0 Å². The number of hydrogen-bond donors (Lipinski definition) is 1. The molecule has 7 aromatic rings. The molecule has 0 amide bonds. The predicted octanol–water partition coefficient (Wildman–Crippen LogP) is 11.9. The topological polar surface area (TPSA) is 48.2 Å². The van der Waals surface area contributed by atoms with Crippen molar-refractivity contribution in [3.05, 3.63) is 223 Å². The van der Waals surface area contributed by atoms with Crippen LogP contribution in [0.5, 0.6) is 0 Å². The van der Waals surface area contributed by atoms with Gasteiger partial charge in [0.25, 0.3) is 0 Å². The smallest absolute Gasteiger partial charge is 0.137 e. The van der Waals surface area contributed by atoms with Crippen LogP contribution in [0.1, 0.15) is 13.8 Å². The van der Waals surface area contributed by atoms with Crippen LogP contribution in [0.3, 0.4) is 0 Å². The zero-order valence-corrected chi connectivity index (χ0v) is 32.4. The molecule has 57 heavy (non-hydrogen) atoms. The second-order valence-corrected chi connectivity index (χ2v) is 13.4. The summed E-state index contributed by atoms with van der Waals surface area (Å²) in [6.45, 7) is 8.60. The SMILES string of the molecule is C=c1/c(=C\C=C/C)n(-c2ccc(-c3ccccc3)cc2)c2cc(-c3ccc4c(c3)c3ccccc3n4C(/C=C/C=C/C=C\C=C/N)=N\C=C/C=C\C=C\C)ccc12. The van der Waals surface area contributed by atoms with Crippen molar-refractivity contribution in [3.8, 4) is 27.9 Å². The van der Waals surface area contributed by atoms with E-state index in [0.29, 0.717) is 0 Å². The van der Waals surface area contributed by atoms with Crippen LogP contribution in [0.25, 0.3) is 73.3 Å². The molecule has 0 atom stereocenters. The van der Waals surface area contributed by atoms with Gasteiger partial charge in [0.1, 0.15) is 5.84 Å². The first kappa shape index (κ1) is 37.9. The molecule has 0 aliphatic carbocycles. The van der Waals surface area contributed by atoms with Gasteiger partial charge in [0.05, 0.1) is 21.9 Å². The molecule has 0 bridgehead atoms. The first-order valence-corrected chi connectivity index (χ1v) is 19.2. The molecule has 4 heteroatoms. The standard InChI is InChI=1S/C53H46N4/c1-4-6-8-13-21-37-55-53(27-17-11-9-10-12-20-36-54)57-50-26-19-18-24-47(50)48-38-43(31-35-51(48)57)44-30-34-46-40(3)49(25-7-5-2)56(52(46)39-44)45-32-28-42(29-33-45)41-22-15-14-16-23-41/h4-39H,3,54H2,1-2H3/b6-4+,7-5-,11-9+,12-10-,13-8-,27-17+,36-20-,37-21-,49-25+,55-53-. The van der Waals surface area contributed by atoms with Gasteiger partial charge in [-0.3, -0.25) is 4.57 Å². The molecule has 0 saturated carbocycles. The molecule has 0 spiro atoms. The van der Waals surface area contributed by atoms with E-state index in [1.165, 1.54) is 17.3 Å². The highest BCUT2D eigenvalue weighted by Crippen LogP contribution is 2.34. The Morgan fingerprint density at radius 1 is 0.544 bits per heavy atom. The summed E-state index contributed by atoms with van der Waals surface area (Å²) in [5.74, 6) is 0.797. The Morgan fingerprint density at radius 2 is 1.18 bits per heavy atom. The molecule has 2 aromatic heterocycles. The maximum absolute atomic E-state index is 5.46. The highest BCUT2D eigenvalue weighted by atomic mass is 15.1. The van der Waals surface area contributed by atoms with Crippen LogP contribution in [0.4, 0.5) is 0 Å². The second kappa shape index (κ2) is 18.3. The third-order valence-electron chi connectivity index (χ3n) is 9.76. The van der Waals surface area contributed by atoms with Crippen LogP contribution < -0.4 is 16.3 Å². The molecule has 0 saturated heterocycles. The van der Waals surface area contributed by atoms with Gasteiger partial charge in [-0.2, -0.15) is 0 Å². The van der Waals surface area contributed by atoms with Gasteiger partial charge >= 0.3 is 0 Å². The Bertz CT molecular complexity index is 2920. The lowest BCUT2D eigenvalue weighted by Crippen LogP contribution is -2.26. The summed E-state index contributed by atoms with van der Waals surface area (Å²) in [7, 11) is 0. The second-order valence-electron chi connectivity index (χ2n) is 13.4. The average Bonchev–Trinajstić information content (AvgIpc) is 3.73. The van der Waals surface area contributed by atoms with Gasteiger partial charge in [-0.1, -0.05) is 152 Å². The summed E-state index contributed by atoms with van der Waals surface area (Å²) < 4.78 is 4.56. The number of fused-ring (bicyclic) bond motifs is 4. The lowest BCUT2D eigenvalue weighted by atomic mass is 10.0. The number of aromatic nitrogens is 2. The summed E-state index contributed by atoms with van der Waals surface area (Å²) in [5, 5.41) is 5.51. The van der Waals surface area contributed by atoms with Gasteiger partial charge in [-0.25, -0.2) is 4.99 Å². The fourth-order valence-corrected chi connectivity index (χ4v) is 7.07. The van der Waals surface area contributed by atoms with Crippen LogP contribution >= 0.6 is 0 Å². The fourth-order valence-electron chi connectivity index (χ4n) is 7.07. The highest BCUT2D eigenvalue weighted by Gasteiger charge is 2.16. The quantitative estimate of drug-likeness (QED) is 0.0802. The van der Waals surface area contributed by atoms with Crippen LogP contribution in [0, 0.1) is 0 Å². The molecular formula is C53H46N4. The molecule has 0 aliphatic rings. The first-order valence-electron chi connectivity index (χ1n) is 19.2. The maximum atomic E-state index is 5.46. The van der Waals surface area contributed by atoms with Crippen LogP contribution in [0.2, 0.25) is 0 Å². The van der Waals surface area contributed by atoms with Crippen molar-refractivity contribution in [2.24, 2.45) is 10.7 Å². The Hall–Kier alpha value is -7.43.